The van der Waals surface area contributed by atoms with Gasteiger partial charge in [0.25, 0.3) is 0 Å². The molecule has 0 fully saturated rings. The molecule has 4 aromatic rings. The molecule has 1 aliphatic carbocycles. The molecule has 0 unspecified atom stereocenters. The van der Waals surface area contributed by atoms with Crippen LogP contribution in [0.4, 0.5) is 0 Å². The van der Waals surface area contributed by atoms with Crippen LogP contribution in [0, 0.1) is 13.8 Å². The molecule has 3 aromatic heterocycles. The first-order chi connectivity index (χ1) is 22.2. The Balaban J connectivity index is 1.34. The van der Waals surface area contributed by atoms with Gasteiger partial charge in [0.2, 0.25) is 0 Å². The first-order valence-electron chi connectivity index (χ1n) is 15.6. The monoisotopic (exact) mass is 677 g/mol. The number of benzene rings is 1. The van der Waals surface area contributed by atoms with Crippen LogP contribution in [0.3, 0.4) is 0 Å². The highest BCUT2D eigenvalue weighted by atomic mass is 35.5. The molecule has 1 aromatic carbocycles. The van der Waals surface area contributed by atoms with Crippen LogP contribution in [0.2, 0.25) is 0 Å². The number of halogens is 1. The van der Waals surface area contributed by atoms with E-state index >= 15 is 0 Å². The van der Waals surface area contributed by atoms with E-state index in [1.165, 1.54) is 28.8 Å². The summed E-state index contributed by atoms with van der Waals surface area (Å²) in [5.41, 5.74) is 10.3. The maximum Gasteiger partial charge on any atom is 0.354 e. The summed E-state index contributed by atoms with van der Waals surface area (Å²) in [6.07, 6.45) is 9.82. The molecule has 8 nitrogen and oxygen atoms in total. The van der Waals surface area contributed by atoms with E-state index in [-0.39, 0.29) is 5.97 Å². The Labute approximate surface area is 284 Å². The standard InChI is InChI=1S/C35H40ClN5O3S2/c1-22-14-27-11-10-25(36)16-31-23(2)39(3)38-32(31)21-45-19-26-17-28(40(4)37-26)20-46-29-15-24-8-6-9-30(24)33(18-29)44-13-7-12-41(27)34(22)35(42)43-5/h10-11,14-18H,6-9,12-13,19-21H2,1-5H3/b11-10?,25-16-. The number of aromatic nitrogens is 5. The number of hydrogen-bond acceptors (Lipinski definition) is 7. The van der Waals surface area contributed by atoms with Crippen molar-refractivity contribution in [3.8, 4) is 5.75 Å². The minimum atomic E-state index is -0.354. The van der Waals surface area contributed by atoms with Crippen LogP contribution in [-0.2, 0) is 55.5 Å². The summed E-state index contributed by atoms with van der Waals surface area (Å²) in [6.45, 7) is 5.12. The molecule has 0 N–H and O–H groups in total. The Morgan fingerprint density at radius 1 is 1.00 bits per heavy atom. The highest BCUT2D eigenvalue weighted by molar-refractivity contribution is 7.98. The quantitative estimate of drug-likeness (QED) is 0.192. The molecule has 242 valence electrons. The van der Waals surface area contributed by atoms with Gasteiger partial charge in [-0.3, -0.25) is 9.36 Å². The van der Waals surface area contributed by atoms with Crippen molar-refractivity contribution in [2.75, 3.05) is 13.7 Å². The molecule has 0 radical (unpaired) electrons. The fraction of sp³-hybridized carbons (Fsp3) is 0.400. The average molecular weight is 678 g/mol. The minimum Gasteiger partial charge on any atom is -0.493 e. The van der Waals surface area contributed by atoms with Gasteiger partial charge >= 0.3 is 5.97 Å². The molecule has 11 heteroatoms. The number of nitrogens with zero attached hydrogens (tertiary/aromatic N) is 5. The number of aryl methyl sites for hydroxylation is 4. The van der Waals surface area contributed by atoms with E-state index in [0.29, 0.717) is 23.9 Å². The summed E-state index contributed by atoms with van der Waals surface area (Å²) in [7, 11) is 5.40. The van der Waals surface area contributed by atoms with Crippen LogP contribution in [0.5, 0.6) is 5.75 Å². The number of rotatable bonds is 1. The van der Waals surface area contributed by atoms with Crippen molar-refractivity contribution in [3.05, 3.63) is 91.8 Å². The topological polar surface area (TPSA) is 76.1 Å². The Hall–Kier alpha value is -3.34. The third kappa shape index (κ3) is 6.99. The van der Waals surface area contributed by atoms with Crippen LogP contribution < -0.4 is 4.74 Å². The van der Waals surface area contributed by atoms with Gasteiger partial charge in [0, 0.05) is 70.5 Å². The summed E-state index contributed by atoms with van der Waals surface area (Å²) >= 11 is 10.4. The molecule has 1 aliphatic heterocycles. The zero-order valence-corrected chi connectivity index (χ0v) is 29.4. The average Bonchev–Trinajstić information content (AvgIpc) is 3.79. The molecule has 0 amide bonds. The van der Waals surface area contributed by atoms with Crippen molar-refractivity contribution < 1.29 is 14.3 Å². The first kappa shape index (κ1) is 32.6. The Kier molecular flexibility index (Phi) is 10.1. The number of carbonyl (C=O) groups is 1. The Morgan fingerprint density at radius 2 is 1.85 bits per heavy atom. The van der Waals surface area contributed by atoms with E-state index in [2.05, 4.69) is 25.1 Å². The van der Waals surface area contributed by atoms with Crippen LogP contribution in [0.15, 0.2) is 40.3 Å². The molecule has 0 saturated carbocycles. The molecular weight excluding hydrogens is 638 g/mol. The van der Waals surface area contributed by atoms with Gasteiger partial charge in [-0.2, -0.15) is 10.2 Å². The molecule has 0 saturated heterocycles. The van der Waals surface area contributed by atoms with E-state index < -0.39 is 0 Å². The molecular formula is C35H40ClN5O3S2. The van der Waals surface area contributed by atoms with E-state index in [1.54, 1.807) is 11.8 Å². The number of hydrogen-bond donors (Lipinski definition) is 0. The van der Waals surface area contributed by atoms with Crippen LogP contribution in [-0.4, -0.2) is 43.8 Å². The van der Waals surface area contributed by atoms with Gasteiger partial charge in [0.1, 0.15) is 11.4 Å². The van der Waals surface area contributed by atoms with Crippen molar-refractivity contribution in [2.24, 2.45) is 14.1 Å². The maximum absolute atomic E-state index is 12.8. The van der Waals surface area contributed by atoms with Gasteiger partial charge in [0.15, 0.2) is 0 Å². The van der Waals surface area contributed by atoms with Crippen molar-refractivity contribution in [1.29, 1.82) is 0 Å². The fourth-order valence-corrected chi connectivity index (χ4v) is 8.27. The van der Waals surface area contributed by atoms with Crippen LogP contribution in [0.25, 0.3) is 12.2 Å². The molecule has 6 rings (SSSR count). The second kappa shape index (κ2) is 14.2. The Bertz CT molecular complexity index is 1830. The SMILES string of the molecule is COC(=O)c1c(C)cc2n1CCCOc1cc(cc3c1CCC3)SCc1cc(nn1C)CSCc1nn(C)c(C)c1/C=C(\Cl)C=C2. The van der Waals surface area contributed by atoms with Crippen molar-refractivity contribution >= 4 is 53.2 Å². The van der Waals surface area contributed by atoms with E-state index in [4.69, 9.17) is 31.3 Å². The smallest absolute Gasteiger partial charge is 0.354 e. The molecule has 46 heavy (non-hydrogen) atoms. The van der Waals surface area contributed by atoms with Crippen molar-refractivity contribution in [1.82, 2.24) is 24.1 Å². The summed E-state index contributed by atoms with van der Waals surface area (Å²) in [4.78, 5) is 14.0. The predicted octanol–water partition coefficient (Wildman–Crippen LogP) is 7.65. The van der Waals surface area contributed by atoms with Crippen molar-refractivity contribution in [3.63, 3.8) is 0 Å². The molecule has 4 bridgehead atoms. The summed E-state index contributed by atoms with van der Waals surface area (Å²) < 4.78 is 17.5. The van der Waals surface area contributed by atoms with E-state index in [9.17, 15) is 4.79 Å². The van der Waals surface area contributed by atoms with Crippen LogP contribution in [0.1, 0.15) is 74.1 Å². The zero-order valence-electron chi connectivity index (χ0n) is 27.1. The van der Waals surface area contributed by atoms with E-state index in [0.717, 1.165) is 82.6 Å². The van der Waals surface area contributed by atoms with Gasteiger partial charge < -0.3 is 14.0 Å². The van der Waals surface area contributed by atoms with Crippen molar-refractivity contribution in [2.45, 2.75) is 68.2 Å². The summed E-state index contributed by atoms with van der Waals surface area (Å²) in [5.74, 6) is 2.99. The first-order valence-corrected chi connectivity index (χ1v) is 18.1. The lowest BCUT2D eigenvalue weighted by Crippen LogP contribution is -2.15. The van der Waals surface area contributed by atoms with E-state index in [1.807, 2.05) is 71.0 Å². The lowest BCUT2D eigenvalue weighted by atomic mass is 10.1. The van der Waals surface area contributed by atoms with Gasteiger partial charge in [-0.05, 0) is 98.7 Å². The number of thioether (sulfide) groups is 2. The number of methoxy groups -OCH3 is 1. The largest absolute Gasteiger partial charge is 0.493 e. The summed E-state index contributed by atoms with van der Waals surface area (Å²) in [5, 5.41) is 10.2. The third-order valence-electron chi connectivity index (χ3n) is 8.68. The zero-order chi connectivity index (χ0) is 32.4. The van der Waals surface area contributed by atoms with Gasteiger partial charge in [0.05, 0.1) is 25.1 Å². The number of ether oxygens (including phenoxy) is 2. The predicted molar refractivity (Wildman–Crippen MR) is 188 cm³/mol. The van der Waals surface area contributed by atoms with Gasteiger partial charge in [-0.15, -0.1) is 23.5 Å². The second-order valence-electron chi connectivity index (χ2n) is 11.8. The highest BCUT2D eigenvalue weighted by Gasteiger charge is 2.21. The number of allylic oxidation sites excluding steroid dienone is 2. The second-order valence-corrected chi connectivity index (χ2v) is 14.3. The number of esters is 1. The molecule has 0 spiro atoms. The van der Waals surface area contributed by atoms with Gasteiger partial charge in [-0.25, -0.2) is 4.79 Å². The Morgan fingerprint density at radius 3 is 2.67 bits per heavy atom. The maximum atomic E-state index is 12.8. The summed E-state index contributed by atoms with van der Waals surface area (Å²) in [6, 6.07) is 8.76. The fourth-order valence-electron chi connectivity index (χ4n) is 6.24. The number of carbonyl (C=O) groups excluding carboxylic acids is 1. The lowest BCUT2D eigenvalue weighted by Gasteiger charge is -2.15. The molecule has 2 aliphatic rings. The molecule has 4 heterocycles. The third-order valence-corrected chi connectivity index (χ3v) is 10.9. The number of fused-ring (bicyclic) bond motifs is 8. The molecule has 0 atom stereocenters. The minimum absolute atomic E-state index is 0.354. The lowest BCUT2D eigenvalue weighted by molar-refractivity contribution is 0.0587. The normalized spacial score (nSPS) is 17.0. The van der Waals surface area contributed by atoms with Crippen LogP contribution >= 0.6 is 35.1 Å². The van der Waals surface area contributed by atoms with Gasteiger partial charge in [-0.1, -0.05) is 11.6 Å². The highest BCUT2D eigenvalue weighted by Crippen LogP contribution is 2.37.